The van der Waals surface area contributed by atoms with Gasteiger partial charge in [-0.3, -0.25) is 4.79 Å². The van der Waals surface area contributed by atoms with Gasteiger partial charge in [0.25, 0.3) is 0 Å². The van der Waals surface area contributed by atoms with Gasteiger partial charge in [-0.05, 0) is 59.1 Å². The first-order valence-corrected chi connectivity index (χ1v) is 11.2. The number of thiol groups is 2. The Hall–Kier alpha value is -2.44. The molecule has 4 rings (SSSR count). The number of hydrogen-bond donors (Lipinski definition) is 6. The summed E-state index contributed by atoms with van der Waals surface area (Å²) in [6.07, 6.45) is 5.07. The number of phenols is 4. The molecule has 0 saturated heterocycles. The van der Waals surface area contributed by atoms with Crippen LogP contribution in [0.2, 0.25) is 0 Å². The highest BCUT2D eigenvalue weighted by atomic mass is 127. The molecule has 0 aliphatic carbocycles. The quantitative estimate of drug-likeness (QED) is 0.0836. The van der Waals surface area contributed by atoms with Gasteiger partial charge in [0.1, 0.15) is 28.4 Å². The van der Waals surface area contributed by atoms with Crippen molar-refractivity contribution in [3.05, 3.63) is 56.6 Å². The average Bonchev–Trinajstić information content (AvgIpc) is 2.68. The summed E-state index contributed by atoms with van der Waals surface area (Å²) in [6.45, 7) is 1.74. The van der Waals surface area contributed by atoms with Crippen LogP contribution in [0.15, 0.2) is 44.5 Å². The lowest BCUT2D eigenvalue weighted by atomic mass is 9.98. The van der Waals surface area contributed by atoms with Gasteiger partial charge in [0.05, 0.1) is 11.1 Å². The highest BCUT2D eigenvalue weighted by molar-refractivity contribution is 14.1. The van der Waals surface area contributed by atoms with Crippen molar-refractivity contribution in [2.75, 3.05) is 0 Å². The third-order valence-corrected chi connectivity index (χ3v) is 5.89. The van der Waals surface area contributed by atoms with Crippen LogP contribution in [0.25, 0.3) is 28.4 Å². The lowest BCUT2D eigenvalue weighted by molar-refractivity contribution is 0.314. The fourth-order valence-corrected chi connectivity index (χ4v) is 4.08. The largest absolute Gasteiger partial charge is 0.507 e. The molecule has 1 aliphatic heterocycles. The van der Waals surface area contributed by atoms with Crippen LogP contribution in [0.3, 0.4) is 0 Å². The Labute approximate surface area is 206 Å². The van der Waals surface area contributed by atoms with Crippen molar-refractivity contribution in [2.24, 2.45) is 0 Å². The number of benzene rings is 2. The van der Waals surface area contributed by atoms with E-state index in [9.17, 15) is 25.2 Å². The van der Waals surface area contributed by atoms with Gasteiger partial charge in [-0.25, -0.2) is 0 Å². The van der Waals surface area contributed by atoms with Crippen LogP contribution < -0.4 is 10.2 Å². The van der Waals surface area contributed by atoms with Crippen molar-refractivity contribution in [1.82, 2.24) is 0 Å². The summed E-state index contributed by atoms with van der Waals surface area (Å²) in [5.41, 5.74) is 0.0468. The maximum absolute atomic E-state index is 13.5. The summed E-state index contributed by atoms with van der Waals surface area (Å²) in [4.78, 5) is 14.1. The zero-order valence-corrected chi connectivity index (χ0v) is 20.4. The van der Waals surface area contributed by atoms with Gasteiger partial charge in [0, 0.05) is 17.7 Å². The van der Waals surface area contributed by atoms with Gasteiger partial charge in [0.15, 0.2) is 17.1 Å². The molecule has 1 aliphatic rings. The molecule has 1 atom stereocenters. The lowest BCUT2D eigenvalue weighted by Crippen LogP contribution is -2.21. The standard InChI is InChI=1S/C22H17IO7S2/c1-9(31)2-3-11-19(28)18-16(27)8-17-10(4-5-22(23,32)30-17)21(18)29-20(11)12-6-14(25)15(26)7-13(12)24/h2,4-8,24-27,31-32H,3H2,1H3/b9-2-. The van der Waals surface area contributed by atoms with Gasteiger partial charge in [-0.2, -0.15) is 0 Å². The van der Waals surface area contributed by atoms with E-state index in [0.717, 1.165) is 12.1 Å². The Kier molecular flexibility index (Phi) is 5.80. The fourth-order valence-electron chi connectivity index (χ4n) is 3.40. The Morgan fingerprint density at radius 2 is 1.81 bits per heavy atom. The average molecular weight is 584 g/mol. The van der Waals surface area contributed by atoms with Crippen molar-refractivity contribution in [3.8, 4) is 40.1 Å². The van der Waals surface area contributed by atoms with E-state index in [0.29, 0.717) is 10.5 Å². The normalized spacial score (nSPS) is 17.9. The van der Waals surface area contributed by atoms with Crippen LogP contribution in [0.4, 0.5) is 0 Å². The number of fused-ring (bicyclic) bond motifs is 3. The smallest absolute Gasteiger partial charge is 0.221 e. The third kappa shape index (κ3) is 4.02. The minimum Gasteiger partial charge on any atom is -0.507 e. The Balaban J connectivity index is 2.12. The number of phenolic OH excluding ortho intramolecular Hbond substituents is 4. The van der Waals surface area contributed by atoms with Crippen molar-refractivity contribution in [2.45, 2.75) is 16.3 Å². The zero-order chi connectivity index (χ0) is 23.4. The monoisotopic (exact) mass is 584 g/mol. The zero-order valence-electron chi connectivity index (χ0n) is 16.5. The van der Waals surface area contributed by atoms with E-state index < -0.39 is 25.6 Å². The molecule has 1 aromatic heterocycles. The molecule has 1 unspecified atom stereocenters. The molecule has 4 N–H and O–H groups in total. The van der Waals surface area contributed by atoms with Crippen molar-refractivity contribution in [3.63, 3.8) is 0 Å². The van der Waals surface area contributed by atoms with Gasteiger partial charge in [-0.1, -0.05) is 6.08 Å². The number of rotatable bonds is 3. The first kappa shape index (κ1) is 22.7. The van der Waals surface area contributed by atoms with Gasteiger partial charge < -0.3 is 29.6 Å². The summed E-state index contributed by atoms with van der Waals surface area (Å²) in [6, 6.07) is 3.38. The molecule has 7 nitrogen and oxygen atoms in total. The van der Waals surface area contributed by atoms with Crippen LogP contribution >= 0.6 is 47.8 Å². The second kappa shape index (κ2) is 8.16. The van der Waals surface area contributed by atoms with E-state index in [4.69, 9.17) is 9.15 Å². The highest BCUT2D eigenvalue weighted by Gasteiger charge is 2.30. The summed E-state index contributed by atoms with van der Waals surface area (Å²) >= 11 is 10.6. The minimum absolute atomic E-state index is 0.00486. The Morgan fingerprint density at radius 3 is 2.50 bits per heavy atom. The van der Waals surface area contributed by atoms with Gasteiger partial charge in [0.2, 0.25) is 8.37 Å². The molecule has 0 spiro atoms. The highest BCUT2D eigenvalue weighted by Crippen LogP contribution is 2.45. The molecular formula is C22H17IO7S2. The molecule has 0 amide bonds. The SMILES string of the molecule is C/C(S)=C/Cc1c(-c2cc(O)c(O)cc2O)oc2c3c(cc(O)c2c1=O)OC(S)(I)C=C3. The fraction of sp³-hybridized carbons (Fsp3) is 0.136. The molecule has 0 saturated carbocycles. The number of ether oxygens (including phenoxy) is 1. The second-order valence-electron chi connectivity index (χ2n) is 7.20. The van der Waals surface area contributed by atoms with Gasteiger partial charge >= 0.3 is 0 Å². The number of halogens is 1. The third-order valence-electron chi connectivity index (χ3n) is 4.89. The van der Waals surface area contributed by atoms with E-state index in [1.54, 1.807) is 25.2 Å². The Bertz CT molecular complexity index is 1390. The first-order chi connectivity index (χ1) is 15.0. The van der Waals surface area contributed by atoms with Crippen LogP contribution in [-0.4, -0.2) is 23.4 Å². The van der Waals surface area contributed by atoms with E-state index in [2.05, 4.69) is 25.3 Å². The molecule has 0 fully saturated rings. The molecule has 2 aromatic carbocycles. The maximum Gasteiger partial charge on any atom is 0.221 e. The molecule has 32 heavy (non-hydrogen) atoms. The van der Waals surface area contributed by atoms with Crippen LogP contribution in [-0.2, 0) is 6.42 Å². The summed E-state index contributed by atoms with van der Waals surface area (Å²) in [7, 11) is 0. The molecule has 0 bridgehead atoms. The molecule has 10 heteroatoms. The number of alkyl halides is 1. The maximum atomic E-state index is 13.5. The summed E-state index contributed by atoms with van der Waals surface area (Å²) < 4.78 is 10.9. The Morgan fingerprint density at radius 1 is 1.12 bits per heavy atom. The second-order valence-corrected chi connectivity index (χ2v) is 11.0. The number of aromatic hydroxyl groups is 4. The first-order valence-electron chi connectivity index (χ1n) is 9.24. The van der Waals surface area contributed by atoms with Crippen molar-refractivity contribution in [1.29, 1.82) is 0 Å². The van der Waals surface area contributed by atoms with E-state index >= 15 is 0 Å². The minimum atomic E-state index is -0.955. The van der Waals surface area contributed by atoms with Crippen LogP contribution in [0.5, 0.6) is 28.7 Å². The predicted molar refractivity (Wildman–Crippen MR) is 136 cm³/mol. The van der Waals surface area contributed by atoms with Crippen LogP contribution in [0, 0.1) is 0 Å². The van der Waals surface area contributed by atoms with E-state index in [1.165, 1.54) is 6.07 Å². The molecule has 166 valence electrons. The molecule has 0 radical (unpaired) electrons. The van der Waals surface area contributed by atoms with E-state index in [1.807, 2.05) is 22.6 Å². The number of allylic oxidation sites excluding steroid dienone is 2. The summed E-state index contributed by atoms with van der Waals surface area (Å²) in [5, 5.41) is 40.7. The predicted octanol–water partition coefficient (Wildman–Crippen LogP) is 5.08. The van der Waals surface area contributed by atoms with Crippen LogP contribution in [0.1, 0.15) is 18.1 Å². The van der Waals surface area contributed by atoms with Crippen molar-refractivity contribution >= 4 is 64.9 Å². The molecule has 2 heterocycles. The molecule has 3 aromatic rings. The van der Waals surface area contributed by atoms with Gasteiger partial charge in [-0.15, -0.1) is 25.3 Å². The summed E-state index contributed by atoms with van der Waals surface area (Å²) in [5.74, 6) is -1.54. The number of hydrogen-bond acceptors (Lipinski definition) is 9. The topological polar surface area (TPSA) is 120 Å². The lowest BCUT2D eigenvalue weighted by Gasteiger charge is -2.26. The van der Waals surface area contributed by atoms with Crippen molar-refractivity contribution < 1.29 is 29.6 Å². The van der Waals surface area contributed by atoms with E-state index in [-0.39, 0.29) is 45.8 Å². The molecular weight excluding hydrogens is 567 g/mol.